The standard InChI is InChI=1S/C27H21N3O2/c1-18-22-14-8-11-20-15-16-28(23(20)22)24-25(30(18)21-12-6-3-7-13-21)27(32)29(26(24)31)17-19-9-4-2-5-10-19/h2-16,18H,17H2,1H3. The number of anilines is 1. The van der Waals surface area contributed by atoms with E-state index in [0.29, 0.717) is 11.4 Å². The van der Waals surface area contributed by atoms with Crippen LogP contribution >= 0.6 is 0 Å². The molecule has 0 bridgehead atoms. The molecule has 0 N–H and O–H groups in total. The number of hydrogen-bond acceptors (Lipinski definition) is 3. The first-order valence-corrected chi connectivity index (χ1v) is 10.7. The maximum Gasteiger partial charge on any atom is 0.280 e. The van der Waals surface area contributed by atoms with E-state index in [1.54, 1.807) is 0 Å². The Morgan fingerprint density at radius 2 is 1.44 bits per heavy atom. The lowest BCUT2D eigenvalue weighted by atomic mass is 10.0. The monoisotopic (exact) mass is 419 g/mol. The molecule has 4 aromatic rings. The van der Waals surface area contributed by atoms with Gasteiger partial charge in [-0.1, -0.05) is 66.7 Å². The molecule has 2 aliphatic heterocycles. The summed E-state index contributed by atoms with van der Waals surface area (Å²) in [6.45, 7) is 2.33. The molecule has 0 saturated heterocycles. The predicted octanol–water partition coefficient (Wildman–Crippen LogP) is 4.96. The van der Waals surface area contributed by atoms with Crippen molar-refractivity contribution in [3.8, 4) is 0 Å². The number of aromatic nitrogens is 1. The highest BCUT2D eigenvalue weighted by molar-refractivity contribution is 6.34. The lowest BCUT2D eigenvalue weighted by Gasteiger charge is -2.31. The third-order valence-electron chi connectivity index (χ3n) is 6.40. The number of carbonyl (C=O) groups excluding carboxylic acids is 2. The fourth-order valence-corrected chi connectivity index (χ4v) is 4.91. The maximum atomic E-state index is 13.8. The molecular formula is C27H21N3O2. The van der Waals surface area contributed by atoms with Crippen LogP contribution in [0.15, 0.2) is 96.8 Å². The van der Waals surface area contributed by atoms with Gasteiger partial charge in [-0.25, -0.2) is 0 Å². The van der Waals surface area contributed by atoms with E-state index >= 15 is 0 Å². The molecule has 3 heterocycles. The van der Waals surface area contributed by atoms with Gasteiger partial charge in [-0.2, -0.15) is 0 Å². The van der Waals surface area contributed by atoms with Crippen molar-refractivity contribution in [1.82, 2.24) is 9.47 Å². The van der Waals surface area contributed by atoms with Gasteiger partial charge in [-0.3, -0.25) is 14.5 Å². The molecule has 0 radical (unpaired) electrons. The Morgan fingerprint density at radius 1 is 0.750 bits per heavy atom. The zero-order valence-corrected chi connectivity index (χ0v) is 17.6. The fraction of sp³-hybridized carbons (Fsp3) is 0.111. The summed E-state index contributed by atoms with van der Waals surface area (Å²) >= 11 is 0. The highest BCUT2D eigenvalue weighted by atomic mass is 16.2. The minimum atomic E-state index is -0.267. The third kappa shape index (κ3) is 2.57. The van der Waals surface area contributed by atoms with Crippen molar-refractivity contribution in [1.29, 1.82) is 0 Å². The topological polar surface area (TPSA) is 45.6 Å². The van der Waals surface area contributed by atoms with E-state index in [1.807, 2.05) is 94.5 Å². The number of hydrogen-bond donors (Lipinski definition) is 0. The van der Waals surface area contributed by atoms with Gasteiger partial charge in [0.15, 0.2) is 0 Å². The van der Waals surface area contributed by atoms with Crippen LogP contribution in [0.5, 0.6) is 0 Å². The van der Waals surface area contributed by atoms with Crippen molar-refractivity contribution in [2.75, 3.05) is 4.90 Å². The summed E-state index contributed by atoms with van der Waals surface area (Å²) in [6, 6.07) is 27.5. The normalized spacial score (nSPS) is 17.8. The molecular weight excluding hydrogens is 398 g/mol. The highest BCUT2D eigenvalue weighted by Crippen LogP contribution is 2.43. The van der Waals surface area contributed by atoms with Gasteiger partial charge >= 0.3 is 0 Å². The smallest absolute Gasteiger partial charge is 0.280 e. The van der Waals surface area contributed by atoms with Crippen LogP contribution in [0, 0.1) is 0 Å². The Bertz CT molecular complexity index is 1400. The first kappa shape index (κ1) is 18.6. The average molecular weight is 419 g/mol. The largest absolute Gasteiger partial charge is 0.328 e. The summed E-state index contributed by atoms with van der Waals surface area (Å²) in [5.41, 5.74) is 4.72. The van der Waals surface area contributed by atoms with Crippen LogP contribution in [0.4, 0.5) is 5.69 Å². The van der Waals surface area contributed by atoms with Gasteiger partial charge in [0, 0.05) is 17.3 Å². The summed E-state index contributed by atoms with van der Waals surface area (Å²) in [4.78, 5) is 30.9. The van der Waals surface area contributed by atoms with E-state index in [1.165, 1.54) is 4.90 Å². The Balaban J connectivity index is 1.59. The molecule has 2 amide bonds. The van der Waals surface area contributed by atoms with Crippen LogP contribution in [0.2, 0.25) is 0 Å². The van der Waals surface area contributed by atoms with Crippen LogP contribution in [0.25, 0.3) is 16.6 Å². The number of para-hydroxylation sites is 2. The summed E-state index contributed by atoms with van der Waals surface area (Å²) in [5.74, 6) is -0.532. The molecule has 32 heavy (non-hydrogen) atoms. The van der Waals surface area contributed by atoms with Crippen LogP contribution < -0.4 is 4.90 Å². The number of benzene rings is 3. The second kappa shape index (κ2) is 6.95. The van der Waals surface area contributed by atoms with E-state index in [9.17, 15) is 9.59 Å². The van der Waals surface area contributed by atoms with E-state index in [2.05, 4.69) is 13.0 Å². The van der Waals surface area contributed by atoms with Gasteiger partial charge in [-0.05, 0) is 36.2 Å². The van der Waals surface area contributed by atoms with Crippen molar-refractivity contribution >= 4 is 34.1 Å². The SMILES string of the molecule is CC1c2cccc3ccn(c23)C2=C(C(=O)N(Cc3ccccc3)C2=O)N1c1ccccc1. The molecule has 0 spiro atoms. The minimum Gasteiger partial charge on any atom is -0.328 e. The van der Waals surface area contributed by atoms with Crippen molar-refractivity contribution in [3.63, 3.8) is 0 Å². The van der Waals surface area contributed by atoms with Crippen LogP contribution in [-0.4, -0.2) is 21.3 Å². The average Bonchev–Trinajstić information content (AvgIpc) is 3.31. The second-order valence-electron chi connectivity index (χ2n) is 8.23. The van der Waals surface area contributed by atoms with Gasteiger partial charge in [-0.15, -0.1) is 0 Å². The fourth-order valence-electron chi connectivity index (χ4n) is 4.91. The minimum absolute atomic E-state index is 0.129. The molecule has 1 aromatic heterocycles. The number of imide groups is 1. The molecule has 0 fully saturated rings. The molecule has 1 atom stereocenters. The zero-order chi connectivity index (χ0) is 21.8. The van der Waals surface area contributed by atoms with Crippen molar-refractivity contribution in [2.24, 2.45) is 0 Å². The lowest BCUT2D eigenvalue weighted by molar-refractivity contribution is -0.137. The summed E-state index contributed by atoms with van der Waals surface area (Å²) < 4.78 is 1.91. The van der Waals surface area contributed by atoms with Crippen LogP contribution in [-0.2, 0) is 16.1 Å². The molecule has 3 aromatic carbocycles. The molecule has 6 rings (SSSR count). The lowest BCUT2D eigenvalue weighted by Crippen LogP contribution is -2.36. The molecule has 1 unspecified atom stereocenters. The zero-order valence-electron chi connectivity index (χ0n) is 17.6. The van der Waals surface area contributed by atoms with Gasteiger partial charge in [0.2, 0.25) is 0 Å². The summed E-state index contributed by atoms with van der Waals surface area (Å²) in [5, 5.41) is 1.05. The third-order valence-corrected chi connectivity index (χ3v) is 6.40. The predicted molar refractivity (Wildman–Crippen MR) is 124 cm³/mol. The Labute approximate surface area is 185 Å². The van der Waals surface area contributed by atoms with Gasteiger partial charge in [0.1, 0.15) is 11.4 Å². The van der Waals surface area contributed by atoms with E-state index in [0.717, 1.165) is 27.7 Å². The second-order valence-corrected chi connectivity index (χ2v) is 8.23. The molecule has 0 saturated carbocycles. The highest BCUT2D eigenvalue weighted by Gasteiger charge is 2.45. The van der Waals surface area contributed by atoms with Crippen molar-refractivity contribution in [2.45, 2.75) is 19.5 Å². The maximum absolute atomic E-state index is 13.8. The molecule has 2 aliphatic rings. The Kier molecular flexibility index (Phi) is 4.05. The number of rotatable bonds is 3. The quantitative estimate of drug-likeness (QED) is 0.441. The van der Waals surface area contributed by atoms with Crippen molar-refractivity contribution < 1.29 is 9.59 Å². The van der Waals surface area contributed by atoms with Gasteiger partial charge < -0.3 is 9.47 Å². The first-order valence-electron chi connectivity index (χ1n) is 10.7. The van der Waals surface area contributed by atoms with E-state index < -0.39 is 0 Å². The summed E-state index contributed by atoms with van der Waals surface area (Å²) in [7, 11) is 0. The molecule has 5 nitrogen and oxygen atoms in total. The number of amides is 2. The Hall–Kier alpha value is -4.12. The van der Waals surface area contributed by atoms with E-state index in [-0.39, 0.29) is 24.4 Å². The number of nitrogens with zero attached hydrogens (tertiary/aromatic N) is 3. The van der Waals surface area contributed by atoms with E-state index in [4.69, 9.17) is 0 Å². The van der Waals surface area contributed by atoms with Gasteiger partial charge in [0.25, 0.3) is 11.8 Å². The number of fused-ring (bicyclic) bond motifs is 1. The molecule has 156 valence electrons. The number of carbonyl (C=O) groups is 2. The molecule has 5 heteroatoms. The van der Waals surface area contributed by atoms with Crippen LogP contribution in [0.1, 0.15) is 24.1 Å². The summed E-state index contributed by atoms with van der Waals surface area (Å²) in [6.07, 6.45) is 1.90. The Morgan fingerprint density at radius 3 is 2.19 bits per heavy atom. The van der Waals surface area contributed by atoms with Crippen molar-refractivity contribution in [3.05, 3.63) is 108 Å². The van der Waals surface area contributed by atoms with Gasteiger partial charge in [0.05, 0.1) is 18.1 Å². The molecule has 0 aliphatic carbocycles. The van der Waals surface area contributed by atoms with Crippen LogP contribution in [0.3, 0.4) is 0 Å². The first-order chi connectivity index (χ1) is 15.6.